The van der Waals surface area contributed by atoms with E-state index in [1.54, 1.807) is 0 Å². The van der Waals surface area contributed by atoms with E-state index in [4.69, 9.17) is 0 Å². The van der Waals surface area contributed by atoms with Crippen LogP contribution in [0.1, 0.15) is 51.6 Å². The third-order valence-corrected chi connectivity index (χ3v) is 4.47. The Hall–Kier alpha value is -0.830. The van der Waals surface area contributed by atoms with Crippen LogP contribution in [0.4, 0.5) is 0 Å². The second-order valence-corrected chi connectivity index (χ2v) is 6.01. The van der Waals surface area contributed by atoms with Crippen molar-refractivity contribution in [1.82, 2.24) is 15.1 Å². The number of rotatable bonds is 5. The first-order chi connectivity index (χ1) is 8.64. The van der Waals surface area contributed by atoms with Crippen LogP contribution in [-0.2, 0) is 13.5 Å². The third-order valence-electron chi connectivity index (χ3n) is 4.47. The van der Waals surface area contributed by atoms with Crippen LogP contribution in [0.15, 0.2) is 12.3 Å². The maximum absolute atomic E-state index is 4.54. The van der Waals surface area contributed by atoms with Gasteiger partial charge in [-0.2, -0.15) is 5.10 Å². The monoisotopic (exact) mass is 249 g/mol. The molecule has 0 spiro atoms. The van der Waals surface area contributed by atoms with E-state index in [-0.39, 0.29) is 0 Å². The van der Waals surface area contributed by atoms with Gasteiger partial charge in [-0.25, -0.2) is 0 Å². The molecule has 1 aliphatic rings. The zero-order chi connectivity index (χ0) is 13.0. The van der Waals surface area contributed by atoms with E-state index in [9.17, 15) is 0 Å². The summed E-state index contributed by atoms with van der Waals surface area (Å²) in [5.41, 5.74) is 1.67. The summed E-state index contributed by atoms with van der Waals surface area (Å²) in [6, 6.07) is 2.72. The van der Waals surface area contributed by atoms with Crippen LogP contribution in [0, 0.1) is 5.41 Å². The van der Waals surface area contributed by atoms with Gasteiger partial charge in [-0.15, -0.1) is 0 Å². The first-order valence-corrected chi connectivity index (χ1v) is 7.36. The Balaban J connectivity index is 2.06. The van der Waals surface area contributed by atoms with Crippen LogP contribution in [0.3, 0.4) is 0 Å². The quantitative estimate of drug-likeness (QED) is 0.869. The molecule has 0 amide bonds. The van der Waals surface area contributed by atoms with Crippen LogP contribution < -0.4 is 5.32 Å². The minimum Gasteiger partial charge on any atom is -0.313 e. The Morgan fingerprint density at radius 3 is 2.67 bits per heavy atom. The first-order valence-electron chi connectivity index (χ1n) is 7.36. The summed E-state index contributed by atoms with van der Waals surface area (Å²) < 4.78 is 1.90. The Kier molecular flexibility index (Phi) is 4.44. The van der Waals surface area contributed by atoms with Crippen molar-refractivity contribution in [2.45, 2.75) is 58.4 Å². The largest absolute Gasteiger partial charge is 0.313 e. The molecule has 2 rings (SSSR count). The summed E-state index contributed by atoms with van der Waals surface area (Å²) in [6.45, 7) is 5.72. The topological polar surface area (TPSA) is 29.9 Å². The number of aryl methyl sites for hydroxylation is 1. The van der Waals surface area contributed by atoms with Crippen LogP contribution >= 0.6 is 0 Å². The molecule has 1 saturated carbocycles. The summed E-state index contributed by atoms with van der Waals surface area (Å²) in [7, 11) is 1.99. The third kappa shape index (κ3) is 3.14. The molecule has 0 aromatic carbocycles. The molecule has 0 radical (unpaired) electrons. The predicted molar refractivity (Wildman–Crippen MR) is 75.6 cm³/mol. The van der Waals surface area contributed by atoms with Gasteiger partial charge >= 0.3 is 0 Å². The number of hydrogen-bond acceptors (Lipinski definition) is 2. The summed E-state index contributed by atoms with van der Waals surface area (Å²) in [4.78, 5) is 0. The molecule has 1 N–H and O–H groups in total. The molecule has 0 saturated heterocycles. The van der Waals surface area contributed by atoms with Crippen molar-refractivity contribution in [3.8, 4) is 0 Å². The molecule has 1 aromatic heterocycles. The summed E-state index contributed by atoms with van der Waals surface area (Å²) in [5, 5.41) is 8.24. The van der Waals surface area contributed by atoms with Gasteiger partial charge in [0.25, 0.3) is 0 Å². The van der Waals surface area contributed by atoms with Gasteiger partial charge in [-0.1, -0.05) is 33.1 Å². The molecular weight excluding hydrogens is 222 g/mol. The van der Waals surface area contributed by atoms with Crippen LogP contribution in [0.5, 0.6) is 0 Å². The van der Waals surface area contributed by atoms with Crippen molar-refractivity contribution < 1.29 is 0 Å². The average Bonchev–Trinajstić information content (AvgIpc) is 2.75. The SMILES string of the molecule is CCNC(Cc1ccn(C)n1)C1(C)CCCCC1. The lowest BCUT2D eigenvalue weighted by Gasteiger charge is -2.41. The van der Waals surface area contributed by atoms with Crippen LogP contribution in [-0.4, -0.2) is 22.4 Å². The zero-order valence-electron chi connectivity index (χ0n) is 12.1. The summed E-state index contributed by atoms with van der Waals surface area (Å²) >= 11 is 0. The Morgan fingerprint density at radius 1 is 1.39 bits per heavy atom. The van der Waals surface area contributed by atoms with Crippen molar-refractivity contribution in [1.29, 1.82) is 0 Å². The van der Waals surface area contributed by atoms with Crippen LogP contribution in [0.2, 0.25) is 0 Å². The molecule has 1 heterocycles. The molecular formula is C15H27N3. The highest BCUT2D eigenvalue weighted by Gasteiger charge is 2.35. The molecule has 1 atom stereocenters. The lowest BCUT2D eigenvalue weighted by Crippen LogP contribution is -2.46. The van der Waals surface area contributed by atoms with Gasteiger partial charge in [0.2, 0.25) is 0 Å². The number of aromatic nitrogens is 2. The molecule has 102 valence electrons. The van der Waals surface area contributed by atoms with Crippen LogP contribution in [0.25, 0.3) is 0 Å². The van der Waals surface area contributed by atoms with E-state index in [1.807, 2.05) is 17.9 Å². The van der Waals surface area contributed by atoms with E-state index in [1.165, 1.54) is 37.8 Å². The Bertz CT molecular complexity index is 364. The maximum Gasteiger partial charge on any atom is 0.0640 e. The first kappa shape index (κ1) is 13.6. The van der Waals surface area contributed by atoms with Gasteiger partial charge in [0, 0.05) is 25.7 Å². The molecule has 1 aliphatic carbocycles. The lowest BCUT2D eigenvalue weighted by molar-refractivity contribution is 0.144. The smallest absolute Gasteiger partial charge is 0.0640 e. The fourth-order valence-electron chi connectivity index (χ4n) is 3.30. The molecule has 1 unspecified atom stereocenters. The van der Waals surface area contributed by atoms with E-state index in [0.717, 1.165) is 13.0 Å². The van der Waals surface area contributed by atoms with Gasteiger partial charge in [-0.3, -0.25) is 4.68 Å². The number of nitrogens with one attached hydrogen (secondary N) is 1. The van der Waals surface area contributed by atoms with Crippen molar-refractivity contribution in [2.24, 2.45) is 12.5 Å². The number of hydrogen-bond donors (Lipinski definition) is 1. The van der Waals surface area contributed by atoms with Gasteiger partial charge in [-0.05, 0) is 30.9 Å². The van der Waals surface area contributed by atoms with E-state index in [0.29, 0.717) is 11.5 Å². The standard InChI is InChI=1S/C15H27N3/c1-4-16-14(12-13-8-11-18(3)17-13)15(2)9-6-5-7-10-15/h8,11,14,16H,4-7,9-10,12H2,1-3H3. The molecule has 0 bridgehead atoms. The van der Waals surface area contributed by atoms with Gasteiger partial charge < -0.3 is 5.32 Å². The van der Waals surface area contributed by atoms with Gasteiger partial charge in [0.1, 0.15) is 0 Å². The fourth-order valence-corrected chi connectivity index (χ4v) is 3.30. The molecule has 1 aromatic rings. The molecule has 18 heavy (non-hydrogen) atoms. The molecule has 3 heteroatoms. The summed E-state index contributed by atoms with van der Waals surface area (Å²) in [6.07, 6.45) is 10.0. The van der Waals surface area contributed by atoms with Crippen molar-refractivity contribution in [2.75, 3.05) is 6.54 Å². The lowest BCUT2D eigenvalue weighted by atomic mass is 9.69. The van der Waals surface area contributed by atoms with Crippen molar-refractivity contribution in [3.05, 3.63) is 18.0 Å². The van der Waals surface area contributed by atoms with E-state index in [2.05, 4.69) is 30.3 Å². The highest BCUT2D eigenvalue weighted by Crippen LogP contribution is 2.39. The normalized spacial score (nSPS) is 20.8. The Morgan fingerprint density at radius 2 is 2.11 bits per heavy atom. The molecule has 3 nitrogen and oxygen atoms in total. The number of likely N-dealkylation sites (N-methyl/N-ethyl adjacent to an activating group) is 1. The minimum atomic E-state index is 0.450. The van der Waals surface area contributed by atoms with Crippen molar-refractivity contribution >= 4 is 0 Å². The second kappa shape index (κ2) is 5.87. The van der Waals surface area contributed by atoms with E-state index < -0.39 is 0 Å². The Labute approximate surface area is 111 Å². The van der Waals surface area contributed by atoms with Crippen molar-refractivity contribution in [3.63, 3.8) is 0 Å². The molecule has 1 fully saturated rings. The zero-order valence-corrected chi connectivity index (χ0v) is 12.1. The summed E-state index contributed by atoms with van der Waals surface area (Å²) in [5.74, 6) is 0. The maximum atomic E-state index is 4.54. The highest BCUT2D eigenvalue weighted by molar-refractivity contribution is 5.04. The van der Waals surface area contributed by atoms with Gasteiger partial charge in [0.05, 0.1) is 5.69 Å². The van der Waals surface area contributed by atoms with Gasteiger partial charge in [0.15, 0.2) is 0 Å². The average molecular weight is 249 g/mol. The number of nitrogens with zero attached hydrogens (tertiary/aromatic N) is 2. The molecule has 0 aliphatic heterocycles. The minimum absolute atomic E-state index is 0.450. The second-order valence-electron chi connectivity index (χ2n) is 6.01. The predicted octanol–water partition coefficient (Wildman–Crippen LogP) is 2.91. The fraction of sp³-hybridized carbons (Fsp3) is 0.800. The highest BCUT2D eigenvalue weighted by atomic mass is 15.2. The van der Waals surface area contributed by atoms with E-state index >= 15 is 0 Å².